The lowest BCUT2D eigenvalue weighted by atomic mass is 10.2. The third-order valence-electron chi connectivity index (χ3n) is 1.71. The van der Waals surface area contributed by atoms with Crippen LogP contribution in [0.4, 0.5) is 8.78 Å². The fourth-order valence-corrected chi connectivity index (χ4v) is 2.38. The summed E-state index contributed by atoms with van der Waals surface area (Å²) in [5, 5.41) is 0. The average molecular weight is 311 g/mol. The van der Waals surface area contributed by atoms with Gasteiger partial charge < -0.3 is 4.74 Å². The Morgan fingerprint density at radius 3 is 2.81 bits per heavy atom. The van der Waals surface area contributed by atoms with E-state index in [9.17, 15) is 13.6 Å². The van der Waals surface area contributed by atoms with E-state index in [4.69, 9.17) is 0 Å². The number of carbonyl (C=O) groups is 1. The number of carbonyl (C=O) groups excluding carboxylic acids is 1. The van der Waals surface area contributed by atoms with Crippen molar-refractivity contribution in [2.75, 3.05) is 12.9 Å². The molecule has 16 heavy (non-hydrogen) atoms. The number of ether oxygens (including phenoxy) is 1. The zero-order chi connectivity index (χ0) is 12.1. The molecule has 0 saturated heterocycles. The number of methoxy groups -OCH3 is 1. The lowest BCUT2D eigenvalue weighted by Crippen LogP contribution is -2.04. The topological polar surface area (TPSA) is 26.3 Å². The van der Waals surface area contributed by atoms with E-state index >= 15 is 0 Å². The van der Waals surface area contributed by atoms with Crippen LogP contribution in [0.25, 0.3) is 0 Å². The van der Waals surface area contributed by atoms with Gasteiger partial charge in [0.2, 0.25) is 6.43 Å². The van der Waals surface area contributed by atoms with Crippen LogP contribution in [0.2, 0.25) is 0 Å². The first kappa shape index (κ1) is 13.4. The molecular weight excluding hydrogens is 302 g/mol. The third kappa shape index (κ3) is 3.75. The van der Waals surface area contributed by atoms with Gasteiger partial charge in [0.25, 0.3) is 0 Å². The number of esters is 1. The molecule has 0 radical (unpaired) electrons. The van der Waals surface area contributed by atoms with Gasteiger partial charge in [-0.05, 0) is 18.2 Å². The molecule has 0 bridgehead atoms. The van der Waals surface area contributed by atoms with Crippen molar-refractivity contribution in [3.8, 4) is 0 Å². The maximum absolute atomic E-state index is 12.1. The number of benzene rings is 1. The van der Waals surface area contributed by atoms with Crippen molar-refractivity contribution >= 4 is 33.7 Å². The molecule has 0 spiro atoms. The highest BCUT2D eigenvalue weighted by Gasteiger charge is 2.14. The Hall–Kier alpha value is -0.620. The van der Waals surface area contributed by atoms with Gasteiger partial charge in [-0.15, -0.1) is 11.8 Å². The van der Waals surface area contributed by atoms with Crippen LogP contribution in [0.1, 0.15) is 10.4 Å². The number of hydrogen-bond acceptors (Lipinski definition) is 3. The minimum absolute atomic E-state index is 0.302. The van der Waals surface area contributed by atoms with E-state index in [1.807, 2.05) is 0 Å². The van der Waals surface area contributed by atoms with Gasteiger partial charge in [0, 0.05) is 9.37 Å². The number of alkyl halides is 2. The van der Waals surface area contributed by atoms with Crippen molar-refractivity contribution in [2.24, 2.45) is 0 Å². The molecule has 0 aliphatic carbocycles. The van der Waals surface area contributed by atoms with Crippen molar-refractivity contribution in [3.63, 3.8) is 0 Å². The normalized spacial score (nSPS) is 10.6. The summed E-state index contributed by atoms with van der Waals surface area (Å²) in [6.45, 7) is 0. The Bertz CT molecular complexity index is 385. The maximum atomic E-state index is 12.1. The summed E-state index contributed by atoms with van der Waals surface area (Å²) in [7, 11) is 1.26. The van der Waals surface area contributed by atoms with E-state index in [1.165, 1.54) is 7.11 Å². The Labute approximate surface area is 104 Å². The largest absolute Gasteiger partial charge is 0.465 e. The molecule has 1 aromatic carbocycles. The molecule has 0 atom stereocenters. The predicted octanol–water partition coefficient (Wildman–Crippen LogP) is 3.59. The van der Waals surface area contributed by atoms with Crippen LogP contribution in [0, 0.1) is 0 Å². The fourth-order valence-electron chi connectivity index (χ4n) is 1.05. The van der Waals surface area contributed by atoms with Crippen molar-refractivity contribution in [1.29, 1.82) is 0 Å². The molecule has 0 heterocycles. The molecule has 0 aliphatic heterocycles. The van der Waals surface area contributed by atoms with E-state index in [0.29, 0.717) is 10.5 Å². The van der Waals surface area contributed by atoms with Gasteiger partial charge in [-0.3, -0.25) is 0 Å². The van der Waals surface area contributed by atoms with Crippen LogP contribution in [-0.2, 0) is 4.74 Å². The van der Waals surface area contributed by atoms with Gasteiger partial charge in [-0.1, -0.05) is 15.9 Å². The van der Waals surface area contributed by atoms with Gasteiger partial charge in [0.05, 0.1) is 18.4 Å². The highest BCUT2D eigenvalue weighted by atomic mass is 79.9. The van der Waals surface area contributed by atoms with E-state index in [-0.39, 0.29) is 5.75 Å². The van der Waals surface area contributed by atoms with Gasteiger partial charge in [-0.25, -0.2) is 13.6 Å². The summed E-state index contributed by atoms with van der Waals surface area (Å²) in [4.78, 5) is 11.8. The van der Waals surface area contributed by atoms with Crippen LogP contribution >= 0.6 is 27.7 Å². The molecule has 2 nitrogen and oxygen atoms in total. The fraction of sp³-hybridized carbons (Fsp3) is 0.300. The monoisotopic (exact) mass is 310 g/mol. The highest BCUT2D eigenvalue weighted by Crippen LogP contribution is 2.28. The molecule has 0 fully saturated rings. The molecular formula is C10H9BrF2O2S. The SMILES string of the molecule is COC(=O)c1ccc(Br)cc1SCC(F)F. The van der Waals surface area contributed by atoms with Crippen molar-refractivity contribution in [2.45, 2.75) is 11.3 Å². The zero-order valence-electron chi connectivity index (χ0n) is 8.38. The molecule has 0 N–H and O–H groups in total. The number of halogens is 3. The molecule has 0 aromatic heterocycles. The van der Waals surface area contributed by atoms with Gasteiger partial charge in [0.15, 0.2) is 0 Å². The lowest BCUT2D eigenvalue weighted by molar-refractivity contribution is 0.0596. The molecule has 1 aromatic rings. The van der Waals surface area contributed by atoms with Gasteiger partial charge in [0.1, 0.15) is 0 Å². The quantitative estimate of drug-likeness (QED) is 0.628. The van der Waals surface area contributed by atoms with Crippen LogP contribution in [0.15, 0.2) is 27.6 Å². The second-order valence-corrected chi connectivity index (χ2v) is 4.81. The second kappa shape index (κ2) is 6.20. The lowest BCUT2D eigenvalue weighted by Gasteiger charge is -2.07. The van der Waals surface area contributed by atoms with Crippen LogP contribution in [0.3, 0.4) is 0 Å². The van der Waals surface area contributed by atoms with E-state index in [2.05, 4.69) is 20.7 Å². The summed E-state index contributed by atoms with van der Waals surface area (Å²) in [6, 6.07) is 4.84. The zero-order valence-corrected chi connectivity index (χ0v) is 10.8. The number of thioether (sulfide) groups is 1. The van der Waals surface area contributed by atoms with Crippen molar-refractivity contribution in [1.82, 2.24) is 0 Å². The molecule has 0 unspecified atom stereocenters. The third-order valence-corrected chi connectivity index (χ3v) is 3.27. The molecule has 6 heteroatoms. The van der Waals surface area contributed by atoms with E-state index in [0.717, 1.165) is 16.2 Å². The first-order chi connectivity index (χ1) is 7.54. The Kier molecular flexibility index (Phi) is 5.21. The predicted molar refractivity (Wildman–Crippen MR) is 62.2 cm³/mol. The molecule has 88 valence electrons. The average Bonchev–Trinajstić information content (AvgIpc) is 2.25. The second-order valence-electron chi connectivity index (χ2n) is 2.83. The van der Waals surface area contributed by atoms with Crippen LogP contribution in [0.5, 0.6) is 0 Å². The minimum atomic E-state index is -2.41. The molecule has 0 aliphatic rings. The summed E-state index contributed by atoms with van der Waals surface area (Å²) >= 11 is 4.15. The molecule has 0 saturated carbocycles. The van der Waals surface area contributed by atoms with Gasteiger partial charge >= 0.3 is 5.97 Å². The summed E-state index contributed by atoms with van der Waals surface area (Å²) < 4.78 is 29.5. The van der Waals surface area contributed by atoms with E-state index in [1.54, 1.807) is 18.2 Å². The Morgan fingerprint density at radius 1 is 1.56 bits per heavy atom. The molecule has 1 rings (SSSR count). The first-order valence-electron chi connectivity index (χ1n) is 4.33. The number of rotatable bonds is 4. The van der Waals surface area contributed by atoms with Crippen molar-refractivity contribution in [3.05, 3.63) is 28.2 Å². The molecule has 0 amide bonds. The minimum Gasteiger partial charge on any atom is -0.465 e. The van der Waals surface area contributed by atoms with E-state index < -0.39 is 12.4 Å². The smallest absolute Gasteiger partial charge is 0.338 e. The Morgan fingerprint density at radius 2 is 2.25 bits per heavy atom. The first-order valence-corrected chi connectivity index (χ1v) is 6.11. The standard InChI is InChI=1S/C10H9BrF2O2S/c1-15-10(14)7-3-2-6(11)4-8(7)16-5-9(12)13/h2-4,9H,5H2,1H3. The summed E-state index contributed by atoms with van der Waals surface area (Å²) in [5.74, 6) is -0.871. The van der Waals surface area contributed by atoms with Crippen LogP contribution < -0.4 is 0 Å². The Balaban J connectivity index is 2.94. The summed E-state index contributed by atoms with van der Waals surface area (Å²) in [5.41, 5.74) is 0.302. The van der Waals surface area contributed by atoms with Crippen molar-refractivity contribution < 1.29 is 18.3 Å². The van der Waals surface area contributed by atoms with Crippen LogP contribution in [-0.4, -0.2) is 25.3 Å². The highest BCUT2D eigenvalue weighted by molar-refractivity contribution is 9.10. The number of hydrogen-bond donors (Lipinski definition) is 0. The van der Waals surface area contributed by atoms with Gasteiger partial charge in [-0.2, -0.15) is 0 Å². The summed E-state index contributed by atoms with van der Waals surface area (Å²) in [6.07, 6.45) is -2.41. The maximum Gasteiger partial charge on any atom is 0.338 e.